The molecule has 0 aliphatic carbocycles. The second-order valence-electron chi connectivity index (χ2n) is 8.55. The van der Waals surface area contributed by atoms with Gasteiger partial charge in [-0.1, -0.05) is 109 Å². The predicted molar refractivity (Wildman–Crippen MR) is 141 cm³/mol. The number of amides is 1. The second-order valence-corrected chi connectivity index (χ2v) is 8.55. The summed E-state index contributed by atoms with van der Waals surface area (Å²) in [6.07, 6.45) is 1.42. The average Bonchev–Trinajstić information content (AvgIpc) is 3.21. The van der Waals surface area contributed by atoms with Crippen LogP contribution < -0.4 is 5.32 Å². The predicted octanol–water partition coefficient (Wildman–Crippen LogP) is 6.37. The lowest BCUT2D eigenvalue weighted by Gasteiger charge is -2.14. The molecular weight excluding hydrogens is 430 g/mol. The van der Waals surface area contributed by atoms with Crippen molar-refractivity contribution in [2.45, 2.75) is 19.4 Å². The molecule has 0 aliphatic heterocycles. The molecule has 5 aromatic rings. The van der Waals surface area contributed by atoms with E-state index in [4.69, 9.17) is 4.98 Å². The van der Waals surface area contributed by atoms with Gasteiger partial charge in [-0.15, -0.1) is 0 Å². The Hall–Kier alpha value is -4.44. The Labute approximate surface area is 205 Å². The maximum Gasteiger partial charge on any atom is 0.257 e. The summed E-state index contributed by atoms with van der Waals surface area (Å²) in [5.74, 6) is 0.405. The maximum atomic E-state index is 13.1. The smallest absolute Gasteiger partial charge is 0.257 e. The lowest BCUT2D eigenvalue weighted by Crippen LogP contribution is -2.17. The molecule has 5 rings (SSSR count). The maximum absolute atomic E-state index is 13.1. The highest BCUT2D eigenvalue weighted by Crippen LogP contribution is 2.24. The minimum atomic E-state index is -0.164. The largest absolute Gasteiger partial charge is 0.309 e. The number of carbonyl (C=O) groups excluding carboxylic acids is 1. The number of aromatic nitrogens is 2. The lowest BCUT2D eigenvalue weighted by molar-refractivity contribution is 0.102. The fourth-order valence-electron chi connectivity index (χ4n) is 4.25. The van der Waals surface area contributed by atoms with Crippen molar-refractivity contribution in [3.05, 3.63) is 155 Å². The van der Waals surface area contributed by atoms with Gasteiger partial charge in [-0.2, -0.15) is 0 Å². The number of hydrogen-bond donors (Lipinski definition) is 1. The van der Waals surface area contributed by atoms with Gasteiger partial charge >= 0.3 is 0 Å². The fourth-order valence-corrected chi connectivity index (χ4v) is 4.25. The minimum Gasteiger partial charge on any atom is -0.309 e. The van der Waals surface area contributed by atoms with E-state index in [1.54, 1.807) is 0 Å². The molecule has 35 heavy (non-hydrogen) atoms. The van der Waals surface area contributed by atoms with Gasteiger partial charge in [-0.25, -0.2) is 4.98 Å². The zero-order chi connectivity index (χ0) is 23.9. The van der Waals surface area contributed by atoms with E-state index >= 15 is 0 Å². The molecule has 0 fully saturated rings. The summed E-state index contributed by atoms with van der Waals surface area (Å²) in [6, 6.07) is 40.3. The summed E-state index contributed by atoms with van der Waals surface area (Å²) in [5, 5.41) is 3.09. The Bertz CT molecular complexity index is 1380. The monoisotopic (exact) mass is 457 g/mol. The molecule has 1 amide bonds. The molecule has 1 heterocycles. The highest BCUT2D eigenvalue weighted by atomic mass is 16.1. The molecule has 0 bridgehead atoms. The molecule has 172 valence electrons. The van der Waals surface area contributed by atoms with Crippen LogP contribution in [-0.4, -0.2) is 15.5 Å². The van der Waals surface area contributed by atoms with Crippen molar-refractivity contribution >= 4 is 11.9 Å². The topological polar surface area (TPSA) is 46.9 Å². The summed E-state index contributed by atoms with van der Waals surface area (Å²) in [7, 11) is 0. The first-order valence-corrected chi connectivity index (χ1v) is 11.8. The van der Waals surface area contributed by atoms with Crippen molar-refractivity contribution in [3.63, 3.8) is 0 Å². The van der Waals surface area contributed by atoms with Crippen LogP contribution in [0.4, 0.5) is 5.95 Å². The SMILES string of the molecule is O=C(Nc1nc(Cc2ccccc2)c(Cc2ccccc2)n1Cc1ccccc1)c1ccccc1. The Morgan fingerprint density at radius 3 is 1.69 bits per heavy atom. The molecule has 1 aromatic heterocycles. The highest BCUT2D eigenvalue weighted by Gasteiger charge is 2.20. The van der Waals surface area contributed by atoms with Gasteiger partial charge < -0.3 is 4.57 Å². The van der Waals surface area contributed by atoms with Crippen LogP contribution in [0.3, 0.4) is 0 Å². The number of imidazole rings is 1. The van der Waals surface area contributed by atoms with E-state index in [2.05, 4.69) is 58.4 Å². The number of carbonyl (C=O) groups is 1. The minimum absolute atomic E-state index is 0.164. The van der Waals surface area contributed by atoms with Crippen LogP contribution >= 0.6 is 0 Å². The van der Waals surface area contributed by atoms with Crippen LogP contribution in [0.2, 0.25) is 0 Å². The standard InChI is InChI=1S/C31H27N3O/c35-30(27-19-11-4-12-20-27)33-31-32-28(21-24-13-5-1-6-14-24)29(22-25-15-7-2-8-16-25)34(31)23-26-17-9-3-10-18-26/h1-20H,21-23H2,(H,32,33,35). The molecule has 4 aromatic carbocycles. The summed E-state index contributed by atoms with van der Waals surface area (Å²) < 4.78 is 2.15. The third kappa shape index (κ3) is 5.56. The molecule has 0 unspecified atom stereocenters. The first-order chi connectivity index (χ1) is 17.3. The molecule has 1 N–H and O–H groups in total. The van der Waals surface area contributed by atoms with Crippen LogP contribution in [-0.2, 0) is 19.4 Å². The summed E-state index contributed by atoms with van der Waals surface area (Å²) >= 11 is 0. The van der Waals surface area contributed by atoms with E-state index in [1.165, 1.54) is 11.1 Å². The average molecular weight is 458 g/mol. The third-order valence-corrected chi connectivity index (χ3v) is 6.03. The van der Waals surface area contributed by atoms with E-state index in [0.29, 0.717) is 24.5 Å². The first-order valence-electron chi connectivity index (χ1n) is 11.8. The molecule has 0 atom stereocenters. The Balaban J connectivity index is 1.59. The zero-order valence-corrected chi connectivity index (χ0v) is 19.5. The fraction of sp³-hybridized carbons (Fsp3) is 0.0968. The van der Waals surface area contributed by atoms with Gasteiger partial charge in [-0.3, -0.25) is 10.1 Å². The molecule has 4 heteroatoms. The van der Waals surface area contributed by atoms with Crippen LogP contribution in [0.1, 0.15) is 38.4 Å². The van der Waals surface area contributed by atoms with Gasteiger partial charge in [0.2, 0.25) is 5.95 Å². The number of nitrogens with zero attached hydrogens (tertiary/aromatic N) is 2. The zero-order valence-electron chi connectivity index (χ0n) is 19.5. The van der Waals surface area contributed by atoms with E-state index in [9.17, 15) is 4.79 Å². The van der Waals surface area contributed by atoms with Gasteiger partial charge in [0.25, 0.3) is 5.91 Å². The van der Waals surface area contributed by atoms with E-state index in [0.717, 1.165) is 23.4 Å². The Morgan fingerprint density at radius 1 is 0.629 bits per heavy atom. The van der Waals surface area contributed by atoms with Gasteiger partial charge in [-0.05, 0) is 28.8 Å². The number of benzene rings is 4. The highest BCUT2D eigenvalue weighted by molar-refractivity contribution is 6.03. The molecule has 0 saturated carbocycles. The molecule has 0 aliphatic rings. The molecular formula is C31H27N3O. The summed E-state index contributed by atoms with van der Waals surface area (Å²) in [4.78, 5) is 18.1. The van der Waals surface area contributed by atoms with Crippen molar-refractivity contribution in [2.24, 2.45) is 0 Å². The second kappa shape index (κ2) is 10.7. The quantitative estimate of drug-likeness (QED) is 0.294. The summed E-state index contributed by atoms with van der Waals surface area (Å²) in [6.45, 7) is 0.620. The van der Waals surface area contributed by atoms with Crippen LogP contribution in [0, 0.1) is 0 Å². The summed E-state index contributed by atoms with van der Waals surface area (Å²) in [5.41, 5.74) is 6.23. The van der Waals surface area contributed by atoms with Crippen LogP contribution in [0.15, 0.2) is 121 Å². The van der Waals surface area contributed by atoms with Crippen molar-refractivity contribution in [3.8, 4) is 0 Å². The normalized spacial score (nSPS) is 10.7. The Kier molecular flexibility index (Phi) is 6.81. The molecule has 4 nitrogen and oxygen atoms in total. The lowest BCUT2D eigenvalue weighted by atomic mass is 10.0. The Morgan fingerprint density at radius 2 is 1.11 bits per heavy atom. The van der Waals surface area contributed by atoms with Crippen molar-refractivity contribution in [2.75, 3.05) is 5.32 Å². The van der Waals surface area contributed by atoms with Gasteiger partial charge in [0, 0.05) is 24.1 Å². The van der Waals surface area contributed by atoms with Gasteiger partial charge in [0.05, 0.1) is 12.2 Å². The number of rotatable bonds is 8. The van der Waals surface area contributed by atoms with Crippen molar-refractivity contribution in [1.82, 2.24) is 9.55 Å². The molecule has 0 saturated heterocycles. The number of anilines is 1. The third-order valence-electron chi connectivity index (χ3n) is 6.03. The van der Waals surface area contributed by atoms with Gasteiger partial charge in [0.1, 0.15) is 0 Å². The van der Waals surface area contributed by atoms with Crippen LogP contribution in [0.25, 0.3) is 0 Å². The van der Waals surface area contributed by atoms with E-state index in [-0.39, 0.29) is 5.91 Å². The molecule has 0 spiro atoms. The van der Waals surface area contributed by atoms with Gasteiger partial charge in [0.15, 0.2) is 0 Å². The van der Waals surface area contributed by atoms with E-state index < -0.39 is 0 Å². The first kappa shape index (κ1) is 22.4. The molecule has 0 radical (unpaired) electrons. The van der Waals surface area contributed by atoms with Crippen molar-refractivity contribution < 1.29 is 4.79 Å². The van der Waals surface area contributed by atoms with E-state index in [1.807, 2.05) is 72.8 Å². The van der Waals surface area contributed by atoms with Crippen molar-refractivity contribution in [1.29, 1.82) is 0 Å². The number of nitrogens with one attached hydrogen (secondary N) is 1. The van der Waals surface area contributed by atoms with Crippen LogP contribution in [0.5, 0.6) is 0 Å². The number of hydrogen-bond acceptors (Lipinski definition) is 2.